The van der Waals surface area contributed by atoms with Crippen molar-refractivity contribution in [2.24, 2.45) is 0 Å². The van der Waals surface area contributed by atoms with E-state index in [1.165, 1.54) is 0 Å². The highest BCUT2D eigenvalue weighted by molar-refractivity contribution is 5.88. The van der Waals surface area contributed by atoms with Gasteiger partial charge in [-0.05, 0) is 37.8 Å². The topological polar surface area (TPSA) is 71.5 Å². The van der Waals surface area contributed by atoms with Crippen LogP contribution in [-0.2, 0) is 11.2 Å². The monoisotopic (exact) mass is 264 g/mol. The van der Waals surface area contributed by atoms with Crippen LogP contribution >= 0.6 is 0 Å². The Labute approximate surface area is 113 Å². The lowest BCUT2D eigenvalue weighted by Crippen LogP contribution is -2.30. The number of aromatic nitrogens is 1. The highest BCUT2D eigenvalue weighted by Gasteiger charge is 2.27. The highest BCUT2D eigenvalue weighted by atomic mass is 16.5. The predicted octanol–water partition coefficient (Wildman–Crippen LogP) is 2.32. The van der Waals surface area contributed by atoms with E-state index in [9.17, 15) is 4.79 Å². The summed E-state index contributed by atoms with van der Waals surface area (Å²) in [5.74, 6) is -0.291. The molecule has 1 aliphatic rings. The summed E-state index contributed by atoms with van der Waals surface area (Å²) in [7, 11) is 1.71. The van der Waals surface area contributed by atoms with Gasteiger partial charge in [-0.2, -0.15) is 0 Å². The third-order valence-corrected chi connectivity index (χ3v) is 3.58. The number of carboxylic acid groups (broad SMARTS) is 1. The van der Waals surface area contributed by atoms with Gasteiger partial charge < -0.3 is 15.2 Å². The van der Waals surface area contributed by atoms with Gasteiger partial charge in [-0.3, -0.25) is 0 Å². The Bertz CT molecular complexity index is 462. The van der Waals surface area contributed by atoms with Crippen molar-refractivity contribution in [2.45, 2.75) is 44.8 Å². The Kier molecular flexibility index (Phi) is 4.37. The molecule has 1 heterocycles. The predicted molar refractivity (Wildman–Crippen MR) is 72.6 cm³/mol. The summed E-state index contributed by atoms with van der Waals surface area (Å²) in [5, 5.41) is 12.4. The molecule has 0 aromatic carbocycles. The lowest BCUT2D eigenvalue weighted by Gasteiger charge is -2.20. The molecule has 1 aliphatic carbocycles. The molecular formula is C14H20N2O3. The average Bonchev–Trinajstić information content (AvgIpc) is 2.85. The molecule has 0 bridgehead atoms. The third-order valence-electron chi connectivity index (χ3n) is 3.58. The van der Waals surface area contributed by atoms with Crippen molar-refractivity contribution in [3.63, 3.8) is 0 Å². The number of carbonyl (C=O) groups is 1. The molecule has 1 aromatic rings. The van der Waals surface area contributed by atoms with Crippen molar-refractivity contribution < 1.29 is 14.6 Å². The van der Waals surface area contributed by atoms with E-state index >= 15 is 0 Å². The number of pyridine rings is 1. The Morgan fingerprint density at radius 3 is 2.95 bits per heavy atom. The summed E-state index contributed by atoms with van der Waals surface area (Å²) in [5.41, 5.74) is 1.07. The number of aryl methyl sites for hydroxylation is 1. The molecule has 1 aromatic heterocycles. The minimum atomic E-state index is -0.921. The fraction of sp³-hybridized carbons (Fsp3) is 0.571. The Hall–Kier alpha value is -1.62. The zero-order chi connectivity index (χ0) is 13.8. The van der Waals surface area contributed by atoms with Gasteiger partial charge in [0.25, 0.3) is 0 Å². The quantitative estimate of drug-likeness (QED) is 0.854. The Morgan fingerprint density at radius 1 is 1.53 bits per heavy atom. The summed E-state index contributed by atoms with van der Waals surface area (Å²) in [6.45, 7) is 1.96. The number of anilines is 1. The summed E-state index contributed by atoms with van der Waals surface area (Å²) < 4.78 is 5.42. The normalized spacial score (nSPS) is 22.4. The number of hydrogen-bond acceptors (Lipinski definition) is 4. The molecule has 5 nitrogen and oxygen atoms in total. The van der Waals surface area contributed by atoms with Gasteiger partial charge in [0.1, 0.15) is 5.82 Å². The first-order valence-electron chi connectivity index (χ1n) is 6.67. The van der Waals surface area contributed by atoms with E-state index in [2.05, 4.69) is 10.3 Å². The fourth-order valence-electron chi connectivity index (χ4n) is 2.53. The van der Waals surface area contributed by atoms with Crippen LogP contribution in [0.15, 0.2) is 12.1 Å². The molecule has 0 aliphatic heterocycles. The molecule has 0 radical (unpaired) electrons. The van der Waals surface area contributed by atoms with Crippen LogP contribution in [-0.4, -0.2) is 35.3 Å². The number of hydrogen-bond donors (Lipinski definition) is 2. The van der Waals surface area contributed by atoms with Crippen molar-refractivity contribution in [2.75, 3.05) is 12.4 Å². The molecule has 104 valence electrons. The maximum atomic E-state index is 11.1. The van der Waals surface area contributed by atoms with Crippen LogP contribution in [0.25, 0.3) is 0 Å². The van der Waals surface area contributed by atoms with Crippen molar-refractivity contribution in [3.05, 3.63) is 23.4 Å². The van der Waals surface area contributed by atoms with Crippen LogP contribution in [0.1, 0.15) is 42.2 Å². The molecule has 0 saturated heterocycles. The lowest BCUT2D eigenvalue weighted by molar-refractivity contribution is 0.0696. The number of nitrogens with one attached hydrogen (secondary N) is 1. The van der Waals surface area contributed by atoms with E-state index < -0.39 is 5.97 Å². The summed E-state index contributed by atoms with van der Waals surface area (Å²) in [4.78, 5) is 15.5. The third kappa shape index (κ3) is 3.23. The molecule has 5 heteroatoms. The van der Waals surface area contributed by atoms with Gasteiger partial charge in [0.15, 0.2) is 0 Å². The average molecular weight is 264 g/mol. The second kappa shape index (κ2) is 6.02. The molecule has 2 N–H and O–H groups in total. The molecule has 0 spiro atoms. The van der Waals surface area contributed by atoms with Gasteiger partial charge in [0.05, 0.1) is 17.7 Å². The molecule has 19 heavy (non-hydrogen) atoms. The molecule has 2 rings (SSSR count). The van der Waals surface area contributed by atoms with Crippen LogP contribution in [0.2, 0.25) is 0 Å². The van der Waals surface area contributed by atoms with E-state index in [0.29, 0.717) is 12.2 Å². The summed E-state index contributed by atoms with van der Waals surface area (Å²) >= 11 is 0. The van der Waals surface area contributed by atoms with Crippen molar-refractivity contribution in [1.29, 1.82) is 0 Å². The van der Waals surface area contributed by atoms with Gasteiger partial charge in [-0.1, -0.05) is 6.92 Å². The molecule has 1 fully saturated rings. The van der Waals surface area contributed by atoms with Crippen molar-refractivity contribution in [1.82, 2.24) is 4.98 Å². The maximum absolute atomic E-state index is 11.1. The second-order valence-electron chi connectivity index (χ2n) is 4.85. The maximum Gasteiger partial charge on any atom is 0.335 e. The standard InChI is InChI=1S/C14H20N2O3/c1-3-10-7-9(14(17)18)8-13(15-10)16-11-5-4-6-12(11)19-2/h7-8,11-12H,3-6H2,1-2H3,(H,15,16)(H,17,18). The summed E-state index contributed by atoms with van der Waals surface area (Å²) in [6.07, 6.45) is 4.08. The van der Waals surface area contributed by atoms with E-state index in [1.807, 2.05) is 6.92 Å². The number of ether oxygens (including phenoxy) is 1. The van der Waals surface area contributed by atoms with Gasteiger partial charge in [-0.15, -0.1) is 0 Å². The molecule has 0 amide bonds. The van der Waals surface area contributed by atoms with E-state index in [-0.39, 0.29) is 17.7 Å². The van der Waals surface area contributed by atoms with E-state index in [0.717, 1.165) is 25.0 Å². The smallest absolute Gasteiger partial charge is 0.335 e. The first kappa shape index (κ1) is 13.8. The van der Waals surface area contributed by atoms with Crippen LogP contribution in [0.3, 0.4) is 0 Å². The van der Waals surface area contributed by atoms with Gasteiger partial charge in [0.2, 0.25) is 0 Å². The second-order valence-corrected chi connectivity index (χ2v) is 4.85. The highest BCUT2D eigenvalue weighted by Crippen LogP contribution is 2.25. The number of nitrogens with zero attached hydrogens (tertiary/aromatic N) is 1. The van der Waals surface area contributed by atoms with E-state index in [4.69, 9.17) is 9.84 Å². The minimum Gasteiger partial charge on any atom is -0.478 e. The van der Waals surface area contributed by atoms with Crippen LogP contribution in [0, 0.1) is 0 Å². The molecule has 1 saturated carbocycles. The number of rotatable bonds is 5. The van der Waals surface area contributed by atoms with Crippen LogP contribution in [0.4, 0.5) is 5.82 Å². The lowest BCUT2D eigenvalue weighted by atomic mass is 10.1. The van der Waals surface area contributed by atoms with Crippen LogP contribution < -0.4 is 5.32 Å². The first-order valence-corrected chi connectivity index (χ1v) is 6.67. The zero-order valence-corrected chi connectivity index (χ0v) is 11.3. The number of methoxy groups -OCH3 is 1. The van der Waals surface area contributed by atoms with Crippen LogP contribution in [0.5, 0.6) is 0 Å². The molecular weight excluding hydrogens is 244 g/mol. The van der Waals surface area contributed by atoms with Gasteiger partial charge >= 0.3 is 5.97 Å². The molecule has 2 unspecified atom stereocenters. The van der Waals surface area contributed by atoms with Gasteiger partial charge in [-0.25, -0.2) is 9.78 Å². The summed E-state index contributed by atoms with van der Waals surface area (Å²) in [6, 6.07) is 3.42. The minimum absolute atomic E-state index is 0.181. The van der Waals surface area contributed by atoms with Crippen molar-refractivity contribution >= 4 is 11.8 Å². The molecule has 2 atom stereocenters. The Balaban J connectivity index is 2.19. The van der Waals surface area contributed by atoms with Crippen molar-refractivity contribution in [3.8, 4) is 0 Å². The number of carboxylic acids is 1. The zero-order valence-electron chi connectivity index (χ0n) is 11.3. The Morgan fingerprint density at radius 2 is 2.32 bits per heavy atom. The first-order chi connectivity index (χ1) is 9.13. The number of aromatic carboxylic acids is 1. The SMILES string of the molecule is CCc1cc(C(=O)O)cc(NC2CCCC2OC)n1. The fourth-order valence-corrected chi connectivity index (χ4v) is 2.53. The van der Waals surface area contributed by atoms with E-state index in [1.54, 1.807) is 19.2 Å². The van der Waals surface area contributed by atoms with Gasteiger partial charge in [0, 0.05) is 12.8 Å². The largest absolute Gasteiger partial charge is 0.478 e.